The Kier molecular flexibility index (Phi) is 3.80. The molecule has 0 aromatic carbocycles. The lowest BCUT2D eigenvalue weighted by molar-refractivity contribution is -0.121. The molecule has 1 aliphatic rings. The minimum Gasteiger partial charge on any atom is -0.368 e. The number of hydrogen-bond donors (Lipinski definition) is 2. The van der Waals surface area contributed by atoms with Crippen molar-refractivity contribution in [3.05, 3.63) is 0 Å². The molecule has 6 heteroatoms. The van der Waals surface area contributed by atoms with Gasteiger partial charge in [-0.1, -0.05) is 0 Å². The second-order valence-electron chi connectivity index (χ2n) is 2.74. The molecule has 0 bridgehead atoms. The number of nitrogens with one attached hydrogen (secondary N) is 1. The molecule has 3 N–H and O–H groups in total. The Labute approximate surface area is 87.2 Å². The van der Waals surface area contributed by atoms with Gasteiger partial charge in [0.15, 0.2) is 5.11 Å². The predicted octanol–water partition coefficient (Wildman–Crippen LogP) is -0.607. The van der Waals surface area contributed by atoms with Crippen molar-refractivity contribution in [3.8, 4) is 0 Å². The van der Waals surface area contributed by atoms with Gasteiger partial charge in [0.1, 0.15) is 6.04 Å². The van der Waals surface area contributed by atoms with E-state index in [2.05, 4.69) is 5.32 Å². The van der Waals surface area contributed by atoms with Gasteiger partial charge < -0.3 is 16.0 Å². The van der Waals surface area contributed by atoms with Crippen LogP contribution in [-0.2, 0) is 4.79 Å². The number of primary amides is 1. The van der Waals surface area contributed by atoms with Crippen LogP contribution >= 0.6 is 24.0 Å². The van der Waals surface area contributed by atoms with Crippen molar-refractivity contribution in [2.45, 2.75) is 6.04 Å². The zero-order chi connectivity index (χ0) is 9.84. The molecule has 0 aliphatic carbocycles. The molecule has 4 nitrogen and oxygen atoms in total. The van der Waals surface area contributed by atoms with Crippen molar-refractivity contribution in [3.63, 3.8) is 0 Å². The lowest BCUT2D eigenvalue weighted by Crippen LogP contribution is -2.54. The number of thioether (sulfide) groups is 1. The minimum absolute atomic E-state index is 0.251. The number of carbonyl (C=O) groups is 1. The first kappa shape index (κ1) is 10.6. The number of amides is 1. The van der Waals surface area contributed by atoms with Crippen molar-refractivity contribution in [1.82, 2.24) is 10.2 Å². The summed E-state index contributed by atoms with van der Waals surface area (Å²) in [4.78, 5) is 12.9. The van der Waals surface area contributed by atoms with Crippen molar-refractivity contribution in [2.24, 2.45) is 5.73 Å². The molecule has 74 valence electrons. The van der Waals surface area contributed by atoms with E-state index in [4.69, 9.17) is 18.0 Å². The smallest absolute Gasteiger partial charge is 0.241 e. The first-order chi connectivity index (χ1) is 6.16. The molecular weight excluding hydrogens is 206 g/mol. The molecule has 13 heavy (non-hydrogen) atoms. The molecule has 0 radical (unpaired) electrons. The highest BCUT2D eigenvalue weighted by Gasteiger charge is 2.28. The Morgan fingerprint density at radius 2 is 2.46 bits per heavy atom. The molecule has 0 saturated carbocycles. The van der Waals surface area contributed by atoms with Crippen molar-refractivity contribution < 1.29 is 4.79 Å². The van der Waals surface area contributed by atoms with E-state index in [9.17, 15) is 4.79 Å². The van der Waals surface area contributed by atoms with E-state index < -0.39 is 0 Å². The normalized spacial score (nSPS) is 22.5. The second-order valence-corrected chi connectivity index (χ2v) is 4.28. The second kappa shape index (κ2) is 4.66. The van der Waals surface area contributed by atoms with Crippen molar-refractivity contribution >= 4 is 35.0 Å². The first-order valence-corrected chi connectivity index (χ1v) is 5.58. The number of hydrogen-bond acceptors (Lipinski definition) is 3. The van der Waals surface area contributed by atoms with E-state index in [-0.39, 0.29) is 11.9 Å². The Morgan fingerprint density at radius 3 is 3.00 bits per heavy atom. The van der Waals surface area contributed by atoms with Crippen LogP contribution in [0.4, 0.5) is 0 Å². The van der Waals surface area contributed by atoms with Crippen molar-refractivity contribution in [1.29, 1.82) is 0 Å². The molecule has 1 heterocycles. The minimum atomic E-state index is -0.301. The maximum absolute atomic E-state index is 11.1. The van der Waals surface area contributed by atoms with Gasteiger partial charge in [0.25, 0.3) is 0 Å². The average molecular weight is 219 g/mol. The number of rotatable bonds is 1. The van der Waals surface area contributed by atoms with Crippen LogP contribution in [0.15, 0.2) is 0 Å². The average Bonchev–Trinajstić information content (AvgIpc) is 2.16. The monoisotopic (exact) mass is 219 g/mol. The van der Waals surface area contributed by atoms with Gasteiger partial charge in [-0.2, -0.15) is 11.8 Å². The van der Waals surface area contributed by atoms with E-state index in [0.29, 0.717) is 5.11 Å². The Morgan fingerprint density at radius 1 is 1.77 bits per heavy atom. The molecule has 1 unspecified atom stereocenters. The molecule has 1 amide bonds. The third-order valence-corrected chi connectivity index (χ3v) is 3.39. The van der Waals surface area contributed by atoms with Crippen LogP contribution in [0.2, 0.25) is 0 Å². The van der Waals surface area contributed by atoms with E-state index >= 15 is 0 Å². The fourth-order valence-electron chi connectivity index (χ4n) is 1.23. The molecule has 1 saturated heterocycles. The van der Waals surface area contributed by atoms with Crippen LogP contribution in [0, 0.1) is 0 Å². The van der Waals surface area contributed by atoms with E-state index in [1.54, 1.807) is 18.8 Å². The summed E-state index contributed by atoms with van der Waals surface area (Å²) in [5.74, 6) is 1.42. The van der Waals surface area contributed by atoms with Crippen LogP contribution in [-0.4, -0.2) is 47.1 Å². The third-order valence-electron chi connectivity index (χ3n) is 1.93. The SMILES string of the molecule is CNC(=S)N1CCSCC1C(N)=O. The van der Waals surface area contributed by atoms with Gasteiger partial charge in [-0.3, -0.25) is 4.79 Å². The van der Waals surface area contributed by atoms with Crippen LogP contribution in [0.25, 0.3) is 0 Å². The zero-order valence-corrected chi connectivity index (χ0v) is 9.08. The number of nitrogens with two attached hydrogens (primary N) is 1. The maximum Gasteiger partial charge on any atom is 0.241 e. The molecule has 0 aromatic heterocycles. The number of carbonyl (C=O) groups excluding carboxylic acids is 1. The molecule has 0 aromatic rings. The predicted molar refractivity (Wildman–Crippen MR) is 58.7 cm³/mol. The van der Waals surface area contributed by atoms with Gasteiger partial charge in [0.2, 0.25) is 5.91 Å². The van der Waals surface area contributed by atoms with Crippen molar-refractivity contribution in [2.75, 3.05) is 25.1 Å². The summed E-state index contributed by atoms with van der Waals surface area (Å²) in [6.45, 7) is 0.790. The van der Waals surface area contributed by atoms with Crippen LogP contribution in [0.1, 0.15) is 0 Å². The maximum atomic E-state index is 11.1. The van der Waals surface area contributed by atoms with Crippen LogP contribution < -0.4 is 11.1 Å². The number of thiocarbonyl (C=S) groups is 1. The largest absolute Gasteiger partial charge is 0.368 e. The van der Waals surface area contributed by atoms with Gasteiger partial charge in [-0.05, 0) is 12.2 Å². The van der Waals surface area contributed by atoms with E-state index in [0.717, 1.165) is 18.1 Å². The highest BCUT2D eigenvalue weighted by molar-refractivity contribution is 7.99. The lowest BCUT2D eigenvalue weighted by Gasteiger charge is -2.34. The molecular formula is C7H13N3OS2. The molecule has 1 atom stereocenters. The summed E-state index contributed by atoms with van der Waals surface area (Å²) < 4.78 is 0. The Balaban J connectivity index is 2.67. The summed E-state index contributed by atoms with van der Waals surface area (Å²) in [7, 11) is 1.75. The van der Waals surface area contributed by atoms with E-state index in [1.165, 1.54) is 0 Å². The lowest BCUT2D eigenvalue weighted by atomic mass is 10.3. The number of nitrogens with zero attached hydrogens (tertiary/aromatic N) is 1. The van der Waals surface area contributed by atoms with Gasteiger partial charge in [-0.25, -0.2) is 0 Å². The fraction of sp³-hybridized carbons (Fsp3) is 0.714. The Bertz CT molecular complexity index is 222. The van der Waals surface area contributed by atoms with Gasteiger partial charge in [-0.15, -0.1) is 0 Å². The summed E-state index contributed by atoms with van der Waals surface area (Å²) in [6.07, 6.45) is 0. The summed E-state index contributed by atoms with van der Waals surface area (Å²) in [5, 5.41) is 3.46. The van der Waals surface area contributed by atoms with Gasteiger partial charge in [0, 0.05) is 25.1 Å². The molecule has 0 spiro atoms. The highest BCUT2D eigenvalue weighted by Crippen LogP contribution is 2.16. The summed E-state index contributed by atoms with van der Waals surface area (Å²) in [5.41, 5.74) is 5.27. The Hall–Kier alpha value is -0.490. The van der Waals surface area contributed by atoms with Crippen LogP contribution in [0.3, 0.4) is 0 Å². The fourth-order valence-corrected chi connectivity index (χ4v) is 2.50. The first-order valence-electron chi connectivity index (χ1n) is 4.02. The third kappa shape index (κ3) is 2.47. The molecule has 1 aliphatic heterocycles. The topological polar surface area (TPSA) is 58.4 Å². The summed E-state index contributed by atoms with van der Waals surface area (Å²) in [6, 6.07) is -0.251. The van der Waals surface area contributed by atoms with Gasteiger partial charge in [0.05, 0.1) is 0 Å². The standard InChI is InChI=1S/C7H13N3OS2/c1-9-7(12)10-2-3-13-4-5(10)6(8)11/h5H,2-4H2,1H3,(H2,8,11)(H,9,12). The summed E-state index contributed by atoms with van der Waals surface area (Å²) >= 11 is 6.80. The molecule has 1 rings (SSSR count). The van der Waals surface area contributed by atoms with Gasteiger partial charge >= 0.3 is 0 Å². The quantitative estimate of drug-likeness (QED) is 0.576. The zero-order valence-electron chi connectivity index (χ0n) is 7.45. The molecule has 1 fully saturated rings. The highest BCUT2D eigenvalue weighted by atomic mass is 32.2. The van der Waals surface area contributed by atoms with Crippen LogP contribution in [0.5, 0.6) is 0 Å². The van der Waals surface area contributed by atoms with E-state index in [1.807, 2.05) is 4.90 Å².